The van der Waals surface area contributed by atoms with Crippen molar-refractivity contribution in [2.24, 2.45) is 0 Å². The minimum absolute atomic E-state index is 0.124. The Hall–Kier alpha value is -3.23. The van der Waals surface area contributed by atoms with Gasteiger partial charge in [-0.1, -0.05) is 41.9 Å². The van der Waals surface area contributed by atoms with Gasteiger partial charge in [0.2, 0.25) is 5.91 Å². The lowest BCUT2D eigenvalue weighted by molar-refractivity contribution is -0.148. The summed E-state index contributed by atoms with van der Waals surface area (Å²) in [5.41, 5.74) is 0.497. The molecule has 0 bridgehead atoms. The molecule has 0 spiro atoms. The van der Waals surface area contributed by atoms with E-state index in [1.807, 2.05) is 17.0 Å². The monoisotopic (exact) mass is 454 g/mol. The number of halogens is 1. The smallest absolute Gasteiger partial charge is 0.327 e. The lowest BCUT2D eigenvalue weighted by Gasteiger charge is -2.38. The van der Waals surface area contributed by atoms with Crippen molar-refractivity contribution < 1.29 is 14.3 Å². The van der Waals surface area contributed by atoms with Gasteiger partial charge in [0, 0.05) is 36.6 Å². The molecule has 1 unspecified atom stereocenters. The predicted octanol–water partition coefficient (Wildman–Crippen LogP) is 2.11. The van der Waals surface area contributed by atoms with Crippen LogP contribution in [0.15, 0.2) is 59.5 Å². The molecule has 0 radical (unpaired) electrons. The van der Waals surface area contributed by atoms with E-state index in [1.54, 1.807) is 47.5 Å². The molecule has 32 heavy (non-hydrogen) atoms. The van der Waals surface area contributed by atoms with Crippen LogP contribution in [-0.4, -0.2) is 64.7 Å². The molecule has 1 aliphatic rings. The number of aromatic nitrogens is 2. The number of carbonyl (C=O) groups is 2. The molecule has 1 aromatic heterocycles. The number of methoxy groups -OCH3 is 1. The van der Waals surface area contributed by atoms with E-state index in [2.05, 4.69) is 5.10 Å². The van der Waals surface area contributed by atoms with E-state index in [0.717, 1.165) is 10.9 Å². The van der Waals surface area contributed by atoms with E-state index in [9.17, 15) is 14.4 Å². The molecule has 3 aromatic rings. The third-order valence-corrected chi connectivity index (χ3v) is 5.94. The van der Waals surface area contributed by atoms with Crippen LogP contribution in [0.5, 0.6) is 0 Å². The van der Waals surface area contributed by atoms with Gasteiger partial charge in [0.05, 0.1) is 18.7 Å². The molecule has 1 amide bonds. The average molecular weight is 455 g/mol. The highest BCUT2D eigenvalue weighted by Gasteiger charge is 2.32. The molecule has 9 heteroatoms. The summed E-state index contributed by atoms with van der Waals surface area (Å²) in [6, 6.07) is 13.7. The highest BCUT2D eigenvalue weighted by Crippen LogP contribution is 2.25. The van der Waals surface area contributed by atoms with Gasteiger partial charge in [-0.3, -0.25) is 14.5 Å². The molecule has 0 saturated carbocycles. The van der Waals surface area contributed by atoms with E-state index in [4.69, 9.17) is 16.3 Å². The molecule has 0 N–H and O–H groups in total. The highest BCUT2D eigenvalue weighted by molar-refractivity contribution is 6.30. The van der Waals surface area contributed by atoms with Crippen LogP contribution in [-0.2, 0) is 20.9 Å². The SMILES string of the molecule is COC(=O)C(c1ccc(Cl)cc1)N1CCN(C(=O)Cn2ncc3ccccc3c2=O)CC1. The fourth-order valence-electron chi connectivity index (χ4n) is 3.95. The Morgan fingerprint density at radius 2 is 1.75 bits per heavy atom. The minimum Gasteiger partial charge on any atom is -0.468 e. The first kappa shape index (κ1) is 22.0. The predicted molar refractivity (Wildman–Crippen MR) is 120 cm³/mol. The van der Waals surface area contributed by atoms with Gasteiger partial charge in [0.1, 0.15) is 12.6 Å². The molecule has 1 saturated heterocycles. The third kappa shape index (κ3) is 4.51. The molecule has 4 rings (SSSR count). The number of nitrogens with zero attached hydrogens (tertiary/aromatic N) is 4. The lowest BCUT2D eigenvalue weighted by Crippen LogP contribution is -2.52. The maximum Gasteiger partial charge on any atom is 0.327 e. The van der Waals surface area contributed by atoms with Crippen molar-refractivity contribution in [3.8, 4) is 0 Å². The number of rotatable bonds is 5. The van der Waals surface area contributed by atoms with Gasteiger partial charge >= 0.3 is 5.97 Å². The number of hydrogen-bond donors (Lipinski definition) is 0. The Balaban J connectivity index is 1.44. The Labute approximate surface area is 189 Å². The second-order valence-electron chi connectivity index (χ2n) is 7.59. The summed E-state index contributed by atoms with van der Waals surface area (Å²) in [5.74, 6) is -0.547. The molecule has 166 valence electrons. The number of benzene rings is 2. The normalized spacial score (nSPS) is 15.5. The van der Waals surface area contributed by atoms with Gasteiger partial charge < -0.3 is 9.64 Å². The van der Waals surface area contributed by atoms with Crippen molar-refractivity contribution in [1.29, 1.82) is 0 Å². The Bertz CT molecular complexity index is 1190. The van der Waals surface area contributed by atoms with Crippen LogP contribution in [0, 0.1) is 0 Å². The number of amides is 1. The van der Waals surface area contributed by atoms with Crippen LogP contribution in [0.4, 0.5) is 0 Å². The summed E-state index contributed by atoms with van der Waals surface area (Å²) in [7, 11) is 1.36. The zero-order valence-corrected chi connectivity index (χ0v) is 18.4. The van der Waals surface area contributed by atoms with Crippen LogP contribution in [0.2, 0.25) is 5.02 Å². The van der Waals surface area contributed by atoms with Gasteiger partial charge in [0.15, 0.2) is 0 Å². The second-order valence-corrected chi connectivity index (χ2v) is 8.03. The first-order chi connectivity index (χ1) is 15.5. The van der Waals surface area contributed by atoms with Crippen molar-refractivity contribution in [2.45, 2.75) is 12.6 Å². The zero-order chi connectivity index (χ0) is 22.7. The Kier molecular flexibility index (Phi) is 6.53. The molecular formula is C23H23ClN4O4. The molecule has 1 atom stereocenters. The fourth-order valence-corrected chi connectivity index (χ4v) is 4.08. The first-order valence-electron chi connectivity index (χ1n) is 10.3. The van der Waals surface area contributed by atoms with Crippen LogP contribution < -0.4 is 5.56 Å². The third-order valence-electron chi connectivity index (χ3n) is 5.69. The van der Waals surface area contributed by atoms with Gasteiger partial charge in [0.25, 0.3) is 5.56 Å². The molecule has 8 nitrogen and oxygen atoms in total. The summed E-state index contributed by atoms with van der Waals surface area (Å²) >= 11 is 5.98. The molecule has 0 aliphatic carbocycles. The molecule has 1 aliphatic heterocycles. The fraction of sp³-hybridized carbons (Fsp3) is 0.304. The second kappa shape index (κ2) is 9.50. The minimum atomic E-state index is -0.570. The van der Waals surface area contributed by atoms with Crippen molar-refractivity contribution in [3.05, 3.63) is 75.7 Å². The number of hydrogen-bond acceptors (Lipinski definition) is 6. The van der Waals surface area contributed by atoms with Crippen LogP contribution >= 0.6 is 11.6 Å². The average Bonchev–Trinajstić information content (AvgIpc) is 2.82. The summed E-state index contributed by atoms with van der Waals surface area (Å²) in [6.07, 6.45) is 1.59. The molecular weight excluding hydrogens is 432 g/mol. The van der Waals surface area contributed by atoms with E-state index in [0.29, 0.717) is 36.6 Å². The van der Waals surface area contributed by atoms with Crippen LogP contribution in [0.25, 0.3) is 10.8 Å². The molecule has 2 aromatic carbocycles. The maximum atomic E-state index is 12.8. The van der Waals surface area contributed by atoms with Crippen molar-refractivity contribution in [3.63, 3.8) is 0 Å². The van der Waals surface area contributed by atoms with Crippen LogP contribution in [0.1, 0.15) is 11.6 Å². The van der Waals surface area contributed by atoms with Gasteiger partial charge in [-0.2, -0.15) is 5.10 Å². The maximum absolute atomic E-state index is 12.8. The summed E-state index contributed by atoms with van der Waals surface area (Å²) in [5, 5.41) is 6.00. The zero-order valence-electron chi connectivity index (χ0n) is 17.6. The van der Waals surface area contributed by atoms with Gasteiger partial charge in [-0.05, 0) is 23.8 Å². The number of fused-ring (bicyclic) bond motifs is 1. The van der Waals surface area contributed by atoms with E-state index in [1.165, 1.54) is 11.8 Å². The summed E-state index contributed by atoms with van der Waals surface area (Å²) in [6.45, 7) is 1.73. The summed E-state index contributed by atoms with van der Waals surface area (Å²) in [4.78, 5) is 41.6. The summed E-state index contributed by atoms with van der Waals surface area (Å²) < 4.78 is 6.21. The number of esters is 1. The van der Waals surface area contributed by atoms with E-state index in [-0.39, 0.29) is 24.0 Å². The van der Waals surface area contributed by atoms with Gasteiger partial charge in [-0.25, -0.2) is 9.48 Å². The Morgan fingerprint density at radius 1 is 1.06 bits per heavy atom. The van der Waals surface area contributed by atoms with Gasteiger partial charge in [-0.15, -0.1) is 0 Å². The van der Waals surface area contributed by atoms with Crippen molar-refractivity contribution >= 4 is 34.2 Å². The molecule has 2 heterocycles. The highest BCUT2D eigenvalue weighted by atomic mass is 35.5. The molecule has 1 fully saturated rings. The standard InChI is InChI=1S/C23H23ClN4O4/c1-32-23(31)21(16-6-8-18(24)9-7-16)27-12-10-26(11-13-27)20(29)15-28-22(30)19-5-3-2-4-17(19)14-25-28/h2-9,14,21H,10-13,15H2,1H3. The quantitative estimate of drug-likeness (QED) is 0.549. The van der Waals surface area contributed by atoms with Crippen LogP contribution in [0.3, 0.4) is 0 Å². The van der Waals surface area contributed by atoms with Crippen molar-refractivity contribution in [1.82, 2.24) is 19.6 Å². The van der Waals surface area contributed by atoms with E-state index >= 15 is 0 Å². The van der Waals surface area contributed by atoms with E-state index < -0.39 is 6.04 Å². The van der Waals surface area contributed by atoms with Crippen molar-refractivity contribution in [2.75, 3.05) is 33.3 Å². The first-order valence-corrected chi connectivity index (χ1v) is 10.7. The number of carbonyl (C=O) groups excluding carboxylic acids is 2. The Morgan fingerprint density at radius 3 is 2.44 bits per heavy atom. The largest absolute Gasteiger partial charge is 0.468 e. The number of piperazine rings is 1. The topological polar surface area (TPSA) is 84.7 Å². The number of ether oxygens (including phenoxy) is 1. The lowest BCUT2D eigenvalue weighted by atomic mass is 10.0.